The molecule has 3 saturated heterocycles. The van der Waals surface area contributed by atoms with Crippen molar-refractivity contribution in [3.8, 4) is 0 Å². The summed E-state index contributed by atoms with van der Waals surface area (Å²) in [6.07, 6.45) is 4.53. The molecular formula is C18H15ClFN3O3. The fourth-order valence-corrected chi connectivity index (χ4v) is 4.57. The number of fused-ring (bicyclic) bond motifs is 5. The number of anilines is 1. The van der Waals surface area contributed by atoms with E-state index in [2.05, 4.69) is 5.10 Å². The topological polar surface area (TPSA) is 64.4 Å². The summed E-state index contributed by atoms with van der Waals surface area (Å²) in [7, 11) is 0. The highest BCUT2D eigenvalue weighted by atomic mass is 35.5. The molecule has 0 unspecified atom stereocenters. The van der Waals surface area contributed by atoms with Gasteiger partial charge in [0.05, 0.1) is 42.5 Å². The maximum absolute atomic E-state index is 13.2. The summed E-state index contributed by atoms with van der Waals surface area (Å²) in [5, 5.41) is 4.53. The van der Waals surface area contributed by atoms with E-state index >= 15 is 0 Å². The lowest BCUT2D eigenvalue weighted by atomic mass is 9.81. The van der Waals surface area contributed by atoms with Crippen LogP contribution in [0.4, 0.5) is 10.1 Å². The lowest BCUT2D eigenvalue weighted by Gasteiger charge is -2.15. The maximum atomic E-state index is 13.2. The summed E-state index contributed by atoms with van der Waals surface area (Å²) < 4.78 is 20.5. The summed E-state index contributed by atoms with van der Waals surface area (Å²) in [5.41, 5.74) is 1.15. The number of carbonyl (C=O) groups excluding carboxylic acids is 2. The first-order valence-electron chi connectivity index (χ1n) is 8.52. The summed E-state index contributed by atoms with van der Waals surface area (Å²) in [5.74, 6) is -1.54. The Bertz CT molecular complexity index is 902. The van der Waals surface area contributed by atoms with Crippen LogP contribution in [-0.2, 0) is 20.9 Å². The van der Waals surface area contributed by atoms with E-state index in [4.69, 9.17) is 16.3 Å². The molecular weight excluding hydrogens is 361 g/mol. The lowest BCUT2D eigenvalue weighted by Crippen LogP contribution is -2.34. The Morgan fingerprint density at radius 3 is 2.54 bits per heavy atom. The third-order valence-corrected chi connectivity index (χ3v) is 5.86. The highest BCUT2D eigenvalue weighted by molar-refractivity contribution is 6.31. The van der Waals surface area contributed by atoms with E-state index in [1.807, 2.05) is 0 Å². The summed E-state index contributed by atoms with van der Waals surface area (Å²) in [6.45, 7) is 0.316. The molecule has 5 rings (SSSR count). The van der Waals surface area contributed by atoms with Crippen molar-refractivity contribution in [3.63, 3.8) is 0 Å². The van der Waals surface area contributed by atoms with Crippen LogP contribution in [0.15, 0.2) is 30.6 Å². The zero-order valence-corrected chi connectivity index (χ0v) is 14.4. The molecule has 0 radical (unpaired) electrons. The third-order valence-electron chi connectivity index (χ3n) is 5.51. The first kappa shape index (κ1) is 16.0. The van der Waals surface area contributed by atoms with Crippen molar-refractivity contribution in [2.75, 3.05) is 4.90 Å². The number of ether oxygens (including phenoxy) is 1. The van der Waals surface area contributed by atoms with Crippen molar-refractivity contribution >= 4 is 29.1 Å². The third kappa shape index (κ3) is 2.23. The van der Waals surface area contributed by atoms with Gasteiger partial charge in [-0.2, -0.15) is 5.10 Å². The zero-order chi connectivity index (χ0) is 18.0. The summed E-state index contributed by atoms with van der Waals surface area (Å²) >= 11 is 6.05. The molecule has 3 aliphatic heterocycles. The minimum atomic E-state index is -0.406. The number of nitrogens with zero attached hydrogens (tertiary/aromatic N) is 3. The molecule has 0 saturated carbocycles. The molecule has 1 aromatic heterocycles. The molecule has 0 aliphatic carbocycles. The van der Waals surface area contributed by atoms with Crippen LogP contribution in [0.5, 0.6) is 0 Å². The summed E-state index contributed by atoms with van der Waals surface area (Å²) in [6, 6.07) is 4.16. The van der Waals surface area contributed by atoms with E-state index < -0.39 is 5.82 Å². The van der Waals surface area contributed by atoms with E-state index in [0.717, 1.165) is 12.8 Å². The molecule has 1 aromatic carbocycles. The second-order valence-corrected chi connectivity index (χ2v) is 7.39. The van der Waals surface area contributed by atoms with Gasteiger partial charge >= 0.3 is 0 Å². The van der Waals surface area contributed by atoms with Crippen molar-refractivity contribution in [1.82, 2.24) is 9.78 Å². The number of rotatable bonds is 3. The minimum absolute atomic E-state index is 0.139. The predicted octanol–water partition coefficient (Wildman–Crippen LogP) is 2.39. The Kier molecular flexibility index (Phi) is 3.45. The standard InChI is InChI=1S/C18H15ClFN3O3/c19-12-5-10(20)2-1-9(12)7-22-8-11(6-21-22)23-17(24)15-13-3-4-14(26-13)16(15)18(23)25/h1-2,5-6,8,13-16H,3-4,7H2/t13-,14-,15-,16+/m1/s1. The van der Waals surface area contributed by atoms with Crippen LogP contribution in [0.25, 0.3) is 0 Å². The first-order chi connectivity index (χ1) is 12.5. The quantitative estimate of drug-likeness (QED) is 0.773. The van der Waals surface area contributed by atoms with Crippen LogP contribution >= 0.6 is 11.6 Å². The highest BCUT2D eigenvalue weighted by Crippen LogP contribution is 2.49. The lowest BCUT2D eigenvalue weighted by molar-refractivity contribution is -0.124. The molecule has 0 spiro atoms. The van der Waals surface area contributed by atoms with Gasteiger partial charge in [0.25, 0.3) is 0 Å². The van der Waals surface area contributed by atoms with Crippen molar-refractivity contribution in [2.45, 2.75) is 31.6 Å². The van der Waals surface area contributed by atoms with Gasteiger partial charge in [-0.1, -0.05) is 17.7 Å². The summed E-state index contributed by atoms with van der Waals surface area (Å²) in [4.78, 5) is 26.8. The Labute approximate surface area is 153 Å². The monoisotopic (exact) mass is 375 g/mol. The van der Waals surface area contributed by atoms with Gasteiger partial charge in [-0.3, -0.25) is 14.3 Å². The molecule has 2 bridgehead atoms. The normalized spacial score (nSPS) is 29.7. The number of aromatic nitrogens is 2. The maximum Gasteiger partial charge on any atom is 0.240 e. The average Bonchev–Trinajstić information content (AvgIpc) is 3.35. The van der Waals surface area contributed by atoms with Crippen LogP contribution in [0.2, 0.25) is 5.02 Å². The van der Waals surface area contributed by atoms with Crippen LogP contribution < -0.4 is 4.90 Å². The SMILES string of the molecule is O=C1[C@@H]2[C@H](C(=O)N1c1cnn(Cc3ccc(F)cc3Cl)c1)[C@H]1CC[C@H]2O1. The van der Waals surface area contributed by atoms with Crippen molar-refractivity contribution in [3.05, 3.63) is 47.0 Å². The number of halogens is 2. The van der Waals surface area contributed by atoms with Crippen LogP contribution in [-0.4, -0.2) is 33.8 Å². The molecule has 3 fully saturated rings. The van der Waals surface area contributed by atoms with Gasteiger partial charge in [-0.05, 0) is 30.5 Å². The molecule has 3 aliphatic rings. The number of imide groups is 1. The Hall–Kier alpha value is -2.25. The Morgan fingerprint density at radius 2 is 1.88 bits per heavy atom. The highest BCUT2D eigenvalue weighted by Gasteiger charge is 2.62. The van der Waals surface area contributed by atoms with Gasteiger partial charge < -0.3 is 4.74 Å². The van der Waals surface area contributed by atoms with Gasteiger partial charge in [0.2, 0.25) is 11.8 Å². The molecule has 134 valence electrons. The van der Waals surface area contributed by atoms with E-state index in [-0.39, 0.29) is 35.9 Å². The second kappa shape index (κ2) is 5.62. The molecule has 6 nitrogen and oxygen atoms in total. The van der Waals surface area contributed by atoms with Crippen molar-refractivity contribution in [1.29, 1.82) is 0 Å². The molecule has 2 aromatic rings. The van der Waals surface area contributed by atoms with E-state index in [1.165, 1.54) is 23.2 Å². The molecule has 2 amide bonds. The minimum Gasteiger partial charge on any atom is -0.373 e. The number of benzene rings is 1. The molecule has 8 heteroatoms. The molecule has 0 N–H and O–H groups in total. The number of amides is 2. The molecule has 4 heterocycles. The second-order valence-electron chi connectivity index (χ2n) is 6.99. The fourth-order valence-electron chi connectivity index (χ4n) is 4.35. The van der Waals surface area contributed by atoms with Gasteiger partial charge in [0, 0.05) is 11.2 Å². The average molecular weight is 376 g/mol. The molecule has 26 heavy (non-hydrogen) atoms. The van der Waals surface area contributed by atoms with Crippen LogP contribution in [0.3, 0.4) is 0 Å². The van der Waals surface area contributed by atoms with E-state index in [9.17, 15) is 14.0 Å². The van der Waals surface area contributed by atoms with Gasteiger partial charge in [0.1, 0.15) is 5.82 Å². The Balaban J connectivity index is 1.40. The number of carbonyl (C=O) groups is 2. The molecule has 4 atom stereocenters. The van der Waals surface area contributed by atoms with Gasteiger partial charge in [-0.25, -0.2) is 9.29 Å². The first-order valence-corrected chi connectivity index (χ1v) is 8.90. The van der Waals surface area contributed by atoms with Crippen molar-refractivity contribution < 1.29 is 18.7 Å². The smallest absolute Gasteiger partial charge is 0.240 e. The number of hydrogen-bond acceptors (Lipinski definition) is 4. The van der Waals surface area contributed by atoms with Crippen LogP contribution in [0.1, 0.15) is 18.4 Å². The fraction of sp³-hybridized carbons (Fsp3) is 0.389. The van der Waals surface area contributed by atoms with E-state index in [0.29, 0.717) is 22.8 Å². The predicted molar refractivity (Wildman–Crippen MR) is 90.1 cm³/mol. The largest absolute Gasteiger partial charge is 0.373 e. The number of hydrogen-bond donors (Lipinski definition) is 0. The van der Waals surface area contributed by atoms with Crippen molar-refractivity contribution in [2.24, 2.45) is 11.8 Å². The zero-order valence-electron chi connectivity index (χ0n) is 13.6. The Morgan fingerprint density at radius 1 is 1.19 bits per heavy atom. The van der Waals surface area contributed by atoms with Crippen LogP contribution in [0, 0.1) is 17.7 Å². The van der Waals surface area contributed by atoms with Gasteiger partial charge in [0.15, 0.2) is 0 Å². The van der Waals surface area contributed by atoms with Gasteiger partial charge in [-0.15, -0.1) is 0 Å². The van der Waals surface area contributed by atoms with E-state index in [1.54, 1.807) is 16.9 Å².